The Kier molecular flexibility index (Phi) is 6.55. The van der Waals surface area contributed by atoms with Crippen LogP contribution < -0.4 is 4.31 Å². The lowest BCUT2D eigenvalue weighted by atomic mass is 10.1. The number of hydrogen-bond acceptors (Lipinski definition) is 5. The molecule has 0 unspecified atom stereocenters. The average molecular weight is 497 g/mol. The summed E-state index contributed by atoms with van der Waals surface area (Å²) in [4.78, 5) is 31.5. The van der Waals surface area contributed by atoms with E-state index in [0.717, 1.165) is 31.5 Å². The van der Waals surface area contributed by atoms with Crippen molar-refractivity contribution < 1.29 is 18.0 Å². The molecule has 0 N–H and O–H groups in total. The summed E-state index contributed by atoms with van der Waals surface area (Å²) in [6.45, 7) is 6.28. The second-order valence-electron chi connectivity index (χ2n) is 9.67. The third-order valence-corrected chi connectivity index (χ3v) is 9.18. The van der Waals surface area contributed by atoms with E-state index in [2.05, 4.69) is 4.90 Å². The maximum absolute atomic E-state index is 13.6. The zero-order valence-electron chi connectivity index (χ0n) is 20.1. The quantitative estimate of drug-likeness (QED) is 0.634. The van der Waals surface area contributed by atoms with Crippen LogP contribution in [-0.4, -0.2) is 86.8 Å². The first-order valence-corrected chi connectivity index (χ1v) is 13.8. The van der Waals surface area contributed by atoms with Gasteiger partial charge >= 0.3 is 0 Å². The number of anilines is 1. The Hall–Kier alpha value is -2.91. The number of amides is 2. The number of carbonyl (C=O) groups excluding carboxylic acids is 2. The molecule has 2 aromatic carbocycles. The lowest BCUT2D eigenvalue weighted by Crippen LogP contribution is -2.51. The van der Waals surface area contributed by atoms with Crippen molar-refractivity contribution in [1.82, 2.24) is 14.7 Å². The Labute approximate surface area is 207 Å². The molecule has 2 aromatic rings. The van der Waals surface area contributed by atoms with Crippen LogP contribution in [0.15, 0.2) is 53.4 Å². The van der Waals surface area contributed by atoms with E-state index in [-0.39, 0.29) is 22.8 Å². The second-order valence-corrected chi connectivity index (χ2v) is 11.5. The number of para-hydroxylation sites is 1. The Morgan fingerprint density at radius 3 is 2.34 bits per heavy atom. The SMILES string of the molecule is C[C@@H]1Cc2ccccc2N1S(=O)(=O)c1cccc(C(=O)N2CCN(CC(=O)N3CCCC3)CC2)c1. The van der Waals surface area contributed by atoms with Crippen LogP contribution in [0, 0.1) is 0 Å². The van der Waals surface area contributed by atoms with Gasteiger partial charge in [0.05, 0.1) is 17.1 Å². The largest absolute Gasteiger partial charge is 0.342 e. The summed E-state index contributed by atoms with van der Waals surface area (Å²) >= 11 is 0. The number of benzene rings is 2. The van der Waals surface area contributed by atoms with Gasteiger partial charge in [0.25, 0.3) is 15.9 Å². The molecule has 0 radical (unpaired) electrons. The van der Waals surface area contributed by atoms with Gasteiger partial charge in [-0.2, -0.15) is 0 Å². The van der Waals surface area contributed by atoms with Gasteiger partial charge in [0, 0.05) is 50.9 Å². The Morgan fingerprint density at radius 2 is 1.60 bits per heavy atom. The van der Waals surface area contributed by atoms with Crippen molar-refractivity contribution in [2.75, 3.05) is 50.1 Å². The third kappa shape index (κ3) is 4.67. The van der Waals surface area contributed by atoms with E-state index in [4.69, 9.17) is 0 Å². The molecule has 2 saturated heterocycles. The van der Waals surface area contributed by atoms with Crippen LogP contribution in [0.1, 0.15) is 35.7 Å². The van der Waals surface area contributed by atoms with Gasteiger partial charge in [0.2, 0.25) is 5.91 Å². The molecule has 0 aromatic heterocycles. The Bertz CT molecular complexity index is 1220. The number of carbonyl (C=O) groups is 2. The van der Waals surface area contributed by atoms with Crippen molar-refractivity contribution in [2.45, 2.75) is 37.1 Å². The van der Waals surface area contributed by atoms with E-state index in [1.807, 2.05) is 36.1 Å². The van der Waals surface area contributed by atoms with Gasteiger partial charge in [0.1, 0.15) is 0 Å². The molecule has 9 heteroatoms. The van der Waals surface area contributed by atoms with E-state index in [1.165, 1.54) is 10.4 Å². The summed E-state index contributed by atoms with van der Waals surface area (Å²) in [6, 6.07) is 13.7. The fraction of sp³-hybridized carbons (Fsp3) is 0.462. The molecular weight excluding hydrogens is 464 g/mol. The lowest BCUT2D eigenvalue weighted by molar-refractivity contribution is -0.131. The molecular formula is C26H32N4O4S. The highest BCUT2D eigenvalue weighted by atomic mass is 32.2. The molecule has 0 bridgehead atoms. The zero-order chi connectivity index (χ0) is 24.6. The summed E-state index contributed by atoms with van der Waals surface area (Å²) < 4.78 is 28.6. The van der Waals surface area contributed by atoms with Crippen LogP contribution in [0.5, 0.6) is 0 Å². The maximum atomic E-state index is 13.6. The van der Waals surface area contributed by atoms with Crippen molar-refractivity contribution in [3.63, 3.8) is 0 Å². The predicted octanol–water partition coefficient (Wildman–Crippen LogP) is 2.21. The highest BCUT2D eigenvalue weighted by Crippen LogP contribution is 2.36. The normalized spacial score (nSPS) is 20.8. The van der Waals surface area contributed by atoms with Gasteiger partial charge in [-0.15, -0.1) is 0 Å². The van der Waals surface area contributed by atoms with Gasteiger partial charge in [-0.05, 0) is 56.0 Å². The third-order valence-electron chi connectivity index (χ3n) is 7.26. The monoisotopic (exact) mass is 496 g/mol. The molecule has 2 amide bonds. The van der Waals surface area contributed by atoms with Gasteiger partial charge in [-0.3, -0.25) is 18.8 Å². The van der Waals surface area contributed by atoms with Crippen molar-refractivity contribution in [1.29, 1.82) is 0 Å². The molecule has 3 aliphatic rings. The molecule has 8 nitrogen and oxygen atoms in total. The topological polar surface area (TPSA) is 81.2 Å². The molecule has 0 aliphatic carbocycles. The summed E-state index contributed by atoms with van der Waals surface area (Å²) in [6.07, 6.45) is 2.82. The number of fused-ring (bicyclic) bond motifs is 1. The van der Waals surface area contributed by atoms with E-state index in [9.17, 15) is 18.0 Å². The first kappa shape index (κ1) is 23.8. The molecule has 0 saturated carbocycles. The van der Waals surface area contributed by atoms with Crippen molar-refractivity contribution >= 4 is 27.5 Å². The number of nitrogens with zero attached hydrogens (tertiary/aromatic N) is 4. The molecule has 1 atom stereocenters. The number of likely N-dealkylation sites (tertiary alicyclic amines) is 1. The highest BCUT2D eigenvalue weighted by molar-refractivity contribution is 7.92. The van der Waals surface area contributed by atoms with E-state index >= 15 is 0 Å². The van der Waals surface area contributed by atoms with E-state index in [0.29, 0.717) is 50.4 Å². The summed E-state index contributed by atoms with van der Waals surface area (Å²) in [5.41, 5.74) is 2.08. The summed E-state index contributed by atoms with van der Waals surface area (Å²) in [5.74, 6) is -0.0136. The Balaban J connectivity index is 1.26. The smallest absolute Gasteiger partial charge is 0.264 e. The predicted molar refractivity (Wildman–Crippen MR) is 134 cm³/mol. The van der Waals surface area contributed by atoms with Crippen LogP contribution in [0.25, 0.3) is 0 Å². The number of rotatable bonds is 5. The van der Waals surface area contributed by atoms with Gasteiger partial charge in [0.15, 0.2) is 0 Å². The van der Waals surface area contributed by atoms with E-state index < -0.39 is 10.0 Å². The first-order chi connectivity index (χ1) is 16.8. The molecule has 35 heavy (non-hydrogen) atoms. The second kappa shape index (κ2) is 9.62. The van der Waals surface area contributed by atoms with Crippen molar-refractivity contribution in [3.8, 4) is 0 Å². The average Bonchev–Trinajstić information content (AvgIpc) is 3.52. The molecule has 5 rings (SSSR count). The van der Waals surface area contributed by atoms with Gasteiger partial charge in [-0.1, -0.05) is 24.3 Å². The fourth-order valence-electron chi connectivity index (χ4n) is 5.36. The van der Waals surface area contributed by atoms with Crippen molar-refractivity contribution in [3.05, 3.63) is 59.7 Å². The number of hydrogen-bond donors (Lipinski definition) is 0. The van der Waals surface area contributed by atoms with Crippen LogP contribution in [0.2, 0.25) is 0 Å². The molecule has 3 heterocycles. The standard InChI is InChI=1S/C26H32N4O4S/c1-20-17-21-7-2-3-10-24(21)30(20)35(33,34)23-9-6-8-22(18-23)26(32)29-15-13-27(14-16-29)19-25(31)28-11-4-5-12-28/h2-3,6-10,18,20H,4-5,11-17,19H2,1H3/t20-/m1/s1. The van der Waals surface area contributed by atoms with Crippen LogP contribution in [0.3, 0.4) is 0 Å². The zero-order valence-corrected chi connectivity index (χ0v) is 20.9. The van der Waals surface area contributed by atoms with Crippen LogP contribution in [-0.2, 0) is 21.2 Å². The number of sulfonamides is 1. The molecule has 2 fully saturated rings. The fourth-order valence-corrected chi connectivity index (χ4v) is 7.09. The lowest BCUT2D eigenvalue weighted by Gasteiger charge is -2.35. The minimum Gasteiger partial charge on any atom is -0.342 e. The first-order valence-electron chi connectivity index (χ1n) is 12.4. The maximum Gasteiger partial charge on any atom is 0.264 e. The molecule has 0 spiro atoms. The minimum atomic E-state index is -3.81. The van der Waals surface area contributed by atoms with Gasteiger partial charge in [-0.25, -0.2) is 8.42 Å². The highest BCUT2D eigenvalue weighted by Gasteiger charge is 2.36. The summed E-state index contributed by atoms with van der Waals surface area (Å²) in [5, 5.41) is 0. The van der Waals surface area contributed by atoms with Crippen molar-refractivity contribution in [2.24, 2.45) is 0 Å². The molecule has 3 aliphatic heterocycles. The van der Waals surface area contributed by atoms with Crippen LogP contribution in [0.4, 0.5) is 5.69 Å². The minimum absolute atomic E-state index is 0.127. The Morgan fingerprint density at radius 1 is 0.886 bits per heavy atom. The molecule has 186 valence electrons. The summed E-state index contributed by atoms with van der Waals surface area (Å²) in [7, 11) is -3.81. The van der Waals surface area contributed by atoms with Gasteiger partial charge < -0.3 is 9.80 Å². The number of piperazine rings is 1. The van der Waals surface area contributed by atoms with Crippen LogP contribution >= 0.6 is 0 Å². The van der Waals surface area contributed by atoms with E-state index in [1.54, 1.807) is 23.1 Å².